The van der Waals surface area contributed by atoms with Gasteiger partial charge in [0.05, 0.1) is 36.1 Å². The van der Waals surface area contributed by atoms with E-state index in [4.69, 9.17) is 9.47 Å². The van der Waals surface area contributed by atoms with Crippen molar-refractivity contribution in [2.75, 3.05) is 19.1 Å². The maximum absolute atomic E-state index is 13.4. The normalized spacial score (nSPS) is 17.1. The van der Waals surface area contributed by atoms with Crippen LogP contribution in [-0.4, -0.2) is 36.0 Å². The number of Topliss-reactive ketones (excluding diaryl/α,β-unsaturated/α-hetero) is 1. The topological polar surface area (TPSA) is 89.0 Å². The van der Waals surface area contributed by atoms with Crippen LogP contribution >= 0.6 is 11.3 Å². The summed E-state index contributed by atoms with van der Waals surface area (Å²) in [5.41, 5.74) is 3.67. The van der Waals surface area contributed by atoms with Crippen molar-refractivity contribution >= 4 is 44.1 Å². The summed E-state index contributed by atoms with van der Waals surface area (Å²) in [6.45, 7) is 3.83. The molecule has 0 aliphatic carbocycles. The molecule has 1 aliphatic rings. The van der Waals surface area contributed by atoms with Gasteiger partial charge in [0.1, 0.15) is 17.3 Å². The molecule has 4 aromatic rings. The first kappa shape index (κ1) is 23.6. The molecule has 1 saturated heterocycles. The Morgan fingerprint density at radius 3 is 2.39 bits per heavy atom. The fourth-order valence-electron chi connectivity index (χ4n) is 4.44. The number of aromatic nitrogens is 1. The van der Waals surface area contributed by atoms with E-state index in [1.807, 2.05) is 32.0 Å². The van der Waals surface area contributed by atoms with Crippen LogP contribution in [0.4, 0.5) is 5.13 Å². The molecule has 0 bridgehead atoms. The fourth-order valence-corrected chi connectivity index (χ4v) is 5.53. The molecule has 0 spiro atoms. The monoisotopic (exact) mass is 500 g/mol. The third-order valence-corrected chi connectivity index (χ3v) is 7.30. The molecule has 1 N–H and O–H groups in total. The number of methoxy groups -OCH3 is 2. The number of ketones is 1. The number of carbonyl (C=O) groups is 2. The predicted octanol–water partition coefficient (Wildman–Crippen LogP) is 5.56. The van der Waals surface area contributed by atoms with Crippen LogP contribution in [-0.2, 0) is 9.59 Å². The van der Waals surface area contributed by atoms with Gasteiger partial charge in [-0.1, -0.05) is 29.5 Å². The molecule has 2 heterocycles. The highest BCUT2D eigenvalue weighted by Crippen LogP contribution is 2.44. The van der Waals surface area contributed by atoms with Crippen molar-refractivity contribution in [3.63, 3.8) is 0 Å². The summed E-state index contributed by atoms with van der Waals surface area (Å²) in [6, 6.07) is 17.2. The molecule has 7 nitrogen and oxygen atoms in total. The molecule has 1 amide bonds. The van der Waals surface area contributed by atoms with Crippen LogP contribution < -0.4 is 14.4 Å². The van der Waals surface area contributed by atoms with Gasteiger partial charge in [0.2, 0.25) is 0 Å². The zero-order valence-electron chi connectivity index (χ0n) is 20.2. The average Bonchev–Trinajstić information content (AvgIpc) is 3.41. The first-order valence-corrected chi connectivity index (χ1v) is 12.1. The summed E-state index contributed by atoms with van der Waals surface area (Å²) in [5, 5.41) is 11.8. The molecule has 1 aromatic heterocycles. The Kier molecular flexibility index (Phi) is 5.97. The minimum Gasteiger partial charge on any atom is -0.507 e. The molecule has 3 aromatic carbocycles. The SMILES string of the molecule is COc1ccc([C@@H]2C(=C(O)c3ccc(OC)c(C)c3)C(=O)C(=O)N2c2nc3ccc(C)cc3s2)cc1. The van der Waals surface area contributed by atoms with Crippen LogP contribution in [0.1, 0.15) is 28.3 Å². The van der Waals surface area contributed by atoms with E-state index in [9.17, 15) is 14.7 Å². The molecular formula is C28H24N2O5S. The van der Waals surface area contributed by atoms with Crippen molar-refractivity contribution in [3.8, 4) is 11.5 Å². The van der Waals surface area contributed by atoms with Gasteiger partial charge in [-0.05, 0) is 73.0 Å². The van der Waals surface area contributed by atoms with E-state index in [2.05, 4.69) is 4.98 Å². The molecule has 1 atom stereocenters. The molecule has 182 valence electrons. The number of thiazole rings is 1. The van der Waals surface area contributed by atoms with Crippen molar-refractivity contribution in [2.45, 2.75) is 19.9 Å². The van der Waals surface area contributed by atoms with Crippen LogP contribution in [0.15, 0.2) is 66.2 Å². The van der Waals surface area contributed by atoms with E-state index >= 15 is 0 Å². The zero-order chi connectivity index (χ0) is 25.6. The summed E-state index contributed by atoms with van der Waals surface area (Å²) in [6.07, 6.45) is 0. The van der Waals surface area contributed by atoms with E-state index in [1.54, 1.807) is 56.7 Å². The third-order valence-electron chi connectivity index (χ3n) is 6.28. The largest absolute Gasteiger partial charge is 0.507 e. The lowest BCUT2D eigenvalue weighted by atomic mass is 9.95. The standard InChI is InChI=1S/C28H24N2O5S/c1-15-5-11-20-22(13-15)36-28(29-20)30-24(17-6-9-19(34-3)10-7-17)23(26(32)27(30)33)25(31)18-8-12-21(35-4)16(2)14-18/h5-14,24,31H,1-4H3/t24-/m1/s1. The number of aliphatic hydroxyl groups is 1. The number of aliphatic hydroxyl groups excluding tert-OH is 1. The van der Waals surface area contributed by atoms with Gasteiger partial charge in [0, 0.05) is 5.56 Å². The van der Waals surface area contributed by atoms with Crippen molar-refractivity contribution in [2.24, 2.45) is 0 Å². The van der Waals surface area contributed by atoms with Crippen molar-refractivity contribution in [3.05, 3.63) is 88.5 Å². The lowest BCUT2D eigenvalue weighted by Crippen LogP contribution is -2.29. The molecular weight excluding hydrogens is 476 g/mol. The number of anilines is 1. The van der Waals surface area contributed by atoms with Gasteiger partial charge in [-0.3, -0.25) is 14.5 Å². The molecule has 0 radical (unpaired) electrons. The smallest absolute Gasteiger partial charge is 0.301 e. The molecule has 1 fully saturated rings. The first-order valence-electron chi connectivity index (χ1n) is 11.3. The Morgan fingerprint density at radius 2 is 1.72 bits per heavy atom. The van der Waals surface area contributed by atoms with Crippen LogP contribution in [0.5, 0.6) is 11.5 Å². The van der Waals surface area contributed by atoms with Gasteiger partial charge in [-0.2, -0.15) is 0 Å². The van der Waals surface area contributed by atoms with Crippen LogP contribution in [0.3, 0.4) is 0 Å². The van der Waals surface area contributed by atoms with Crippen molar-refractivity contribution in [1.29, 1.82) is 0 Å². The number of rotatable bonds is 5. The van der Waals surface area contributed by atoms with E-state index in [0.29, 0.717) is 27.8 Å². The highest BCUT2D eigenvalue weighted by atomic mass is 32.1. The molecule has 0 unspecified atom stereocenters. The number of ether oxygens (including phenoxy) is 2. The maximum atomic E-state index is 13.4. The Balaban J connectivity index is 1.71. The van der Waals surface area contributed by atoms with Gasteiger partial charge in [-0.25, -0.2) is 4.98 Å². The van der Waals surface area contributed by atoms with Gasteiger partial charge in [0.25, 0.3) is 5.78 Å². The van der Waals surface area contributed by atoms with E-state index in [1.165, 1.54) is 16.2 Å². The Hall–Kier alpha value is -4.17. The molecule has 8 heteroatoms. The van der Waals surface area contributed by atoms with Crippen LogP contribution in [0.2, 0.25) is 0 Å². The van der Waals surface area contributed by atoms with Crippen LogP contribution in [0, 0.1) is 13.8 Å². The fraction of sp³-hybridized carbons (Fsp3) is 0.179. The van der Waals surface area contributed by atoms with Crippen molar-refractivity contribution < 1.29 is 24.2 Å². The van der Waals surface area contributed by atoms with Gasteiger partial charge in [0.15, 0.2) is 5.13 Å². The second-order valence-electron chi connectivity index (χ2n) is 8.59. The number of hydrogen-bond donors (Lipinski definition) is 1. The minimum atomic E-state index is -0.861. The summed E-state index contributed by atoms with van der Waals surface area (Å²) in [7, 11) is 3.13. The predicted molar refractivity (Wildman–Crippen MR) is 140 cm³/mol. The van der Waals surface area contributed by atoms with Gasteiger partial charge >= 0.3 is 5.91 Å². The minimum absolute atomic E-state index is 0.00479. The number of aryl methyl sites for hydroxylation is 2. The molecule has 1 aliphatic heterocycles. The number of amides is 1. The lowest BCUT2D eigenvalue weighted by molar-refractivity contribution is -0.132. The summed E-state index contributed by atoms with van der Waals surface area (Å²) < 4.78 is 11.5. The van der Waals surface area contributed by atoms with Crippen LogP contribution in [0.25, 0.3) is 16.0 Å². The second-order valence-corrected chi connectivity index (χ2v) is 9.60. The Labute approximate surface area is 212 Å². The number of nitrogens with zero attached hydrogens (tertiary/aromatic N) is 2. The molecule has 36 heavy (non-hydrogen) atoms. The highest BCUT2D eigenvalue weighted by molar-refractivity contribution is 7.22. The Morgan fingerprint density at radius 1 is 0.972 bits per heavy atom. The first-order chi connectivity index (χ1) is 17.3. The summed E-state index contributed by atoms with van der Waals surface area (Å²) in [4.78, 5) is 32.9. The quantitative estimate of drug-likeness (QED) is 0.219. The van der Waals surface area contributed by atoms with Crippen molar-refractivity contribution in [1.82, 2.24) is 4.98 Å². The number of carbonyl (C=O) groups excluding carboxylic acids is 2. The second kappa shape index (κ2) is 9.13. The van der Waals surface area contributed by atoms with E-state index in [-0.39, 0.29) is 11.3 Å². The Bertz CT molecular complexity index is 1540. The average molecular weight is 501 g/mol. The highest BCUT2D eigenvalue weighted by Gasteiger charge is 2.48. The number of benzene rings is 3. The van der Waals surface area contributed by atoms with Gasteiger partial charge < -0.3 is 14.6 Å². The summed E-state index contributed by atoms with van der Waals surface area (Å²) >= 11 is 1.33. The number of fused-ring (bicyclic) bond motifs is 1. The molecule has 0 saturated carbocycles. The lowest BCUT2D eigenvalue weighted by Gasteiger charge is -2.23. The van der Waals surface area contributed by atoms with E-state index < -0.39 is 17.7 Å². The van der Waals surface area contributed by atoms with E-state index in [0.717, 1.165) is 21.3 Å². The maximum Gasteiger partial charge on any atom is 0.301 e. The summed E-state index contributed by atoms with van der Waals surface area (Å²) in [5.74, 6) is -0.463. The third kappa shape index (κ3) is 3.89. The van der Waals surface area contributed by atoms with Gasteiger partial charge in [-0.15, -0.1) is 0 Å². The molecule has 5 rings (SSSR count). The number of hydrogen-bond acceptors (Lipinski definition) is 7. The zero-order valence-corrected chi connectivity index (χ0v) is 21.1.